The predicted octanol–water partition coefficient (Wildman–Crippen LogP) is 0.863. The minimum absolute atomic E-state index is 0.0277. The Bertz CT molecular complexity index is 756. The van der Waals surface area contributed by atoms with Crippen LogP contribution in [0.25, 0.3) is 0 Å². The molecule has 1 aromatic heterocycles. The summed E-state index contributed by atoms with van der Waals surface area (Å²) in [4.78, 5) is 0. The van der Waals surface area contributed by atoms with E-state index in [1.54, 1.807) is 12.1 Å². The van der Waals surface area contributed by atoms with Gasteiger partial charge in [-0.25, -0.2) is 0 Å². The summed E-state index contributed by atoms with van der Waals surface area (Å²) in [6.07, 6.45) is 1.36. The second-order valence-electron chi connectivity index (χ2n) is 4.04. The summed E-state index contributed by atoms with van der Waals surface area (Å²) >= 11 is 0. The summed E-state index contributed by atoms with van der Waals surface area (Å²) in [5.74, 6) is 5.20. The Morgan fingerprint density at radius 1 is 1.40 bits per heavy atom. The van der Waals surface area contributed by atoms with Crippen LogP contribution >= 0.6 is 0 Å². The maximum atomic E-state index is 12.1. The van der Waals surface area contributed by atoms with Crippen LogP contribution in [0.5, 0.6) is 0 Å². The third kappa shape index (κ3) is 3.17. The molecule has 6 nitrogen and oxygen atoms in total. The number of H-pyrrole nitrogens is 1. The van der Waals surface area contributed by atoms with Crippen molar-refractivity contribution in [2.24, 2.45) is 0 Å². The zero-order chi connectivity index (χ0) is 14.6. The lowest BCUT2D eigenvalue weighted by Crippen LogP contribution is -2.14. The third-order valence-electron chi connectivity index (χ3n) is 2.49. The number of hydrogen-bond donors (Lipinski definition) is 3. The first-order valence-corrected chi connectivity index (χ1v) is 7.24. The number of aliphatic hydroxyl groups is 1. The highest BCUT2D eigenvalue weighted by atomic mass is 32.2. The van der Waals surface area contributed by atoms with E-state index in [4.69, 9.17) is 5.11 Å². The second kappa shape index (κ2) is 5.77. The zero-order valence-electron chi connectivity index (χ0n) is 10.7. The van der Waals surface area contributed by atoms with Crippen LogP contribution in [-0.2, 0) is 10.0 Å². The summed E-state index contributed by atoms with van der Waals surface area (Å²) in [6.45, 7) is 1.55. The zero-order valence-corrected chi connectivity index (χ0v) is 11.5. The van der Waals surface area contributed by atoms with Crippen LogP contribution in [0.4, 0.5) is 5.69 Å². The van der Waals surface area contributed by atoms with Crippen LogP contribution < -0.4 is 4.72 Å². The monoisotopic (exact) mass is 291 g/mol. The van der Waals surface area contributed by atoms with Crippen LogP contribution in [-0.4, -0.2) is 30.3 Å². The van der Waals surface area contributed by atoms with E-state index in [-0.39, 0.29) is 11.6 Å². The molecule has 0 aliphatic heterocycles. The minimum atomic E-state index is -3.73. The van der Waals surface area contributed by atoms with Gasteiger partial charge in [0.25, 0.3) is 10.0 Å². The van der Waals surface area contributed by atoms with Crippen molar-refractivity contribution in [1.29, 1.82) is 0 Å². The van der Waals surface area contributed by atoms with Crippen molar-refractivity contribution in [2.45, 2.75) is 11.9 Å². The van der Waals surface area contributed by atoms with E-state index >= 15 is 0 Å². The number of sulfonamides is 1. The fourth-order valence-electron chi connectivity index (χ4n) is 1.58. The SMILES string of the molecule is Cc1ccc(C#CCO)c(NS(=O)(=O)c2ccn[nH]2)c1. The topological polar surface area (TPSA) is 95.1 Å². The van der Waals surface area contributed by atoms with Gasteiger partial charge in [-0.05, 0) is 30.7 Å². The average molecular weight is 291 g/mol. The van der Waals surface area contributed by atoms with Crippen LogP contribution in [0.2, 0.25) is 0 Å². The van der Waals surface area contributed by atoms with Gasteiger partial charge >= 0.3 is 0 Å². The van der Waals surface area contributed by atoms with Crippen molar-refractivity contribution in [3.05, 3.63) is 41.6 Å². The van der Waals surface area contributed by atoms with E-state index in [0.717, 1.165) is 5.56 Å². The molecule has 0 amide bonds. The van der Waals surface area contributed by atoms with Crippen LogP contribution in [0.1, 0.15) is 11.1 Å². The van der Waals surface area contributed by atoms with E-state index < -0.39 is 10.0 Å². The molecule has 20 heavy (non-hydrogen) atoms. The third-order valence-corrected chi connectivity index (χ3v) is 3.78. The van der Waals surface area contributed by atoms with Gasteiger partial charge in [-0.1, -0.05) is 17.9 Å². The van der Waals surface area contributed by atoms with Gasteiger partial charge in [-0.15, -0.1) is 0 Å². The fraction of sp³-hybridized carbons (Fsp3) is 0.154. The first-order chi connectivity index (χ1) is 9.53. The highest BCUT2D eigenvalue weighted by molar-refractivity contribution is 7.92. The smallest absolute Gasteiger partial charge is 0.278 e. The molecular weight excluding hydrogens is 278 g/mol. The summed E-state index contributed by atoms with van der Waals surface area (Å²) in [6, 6.07) is 6.55. The van der Waals surface area contributed by atoms with Crippen molar-refractivity contribution in [1.82, 2.24) is 10.2 Å². The molecule has 2 aromatic rings. The second-order valence-corrected chi connectivity index (χ2v) is 5.69. The molecular formula is C13H13N3O3S. The molecule has 0 radical (unpaired) electrons. The van der Waals surface area contributed by atoms with Gasteiger partial charge in [-0.3, -0.25) is 9.82 Å². The van der Waals surface area contributed by atoms with Gasteiger partial charge in [-0.2, -0.15) is 13.5 Å². The normalized spacial score (nSPS) is 10.7. The molecule has 0 spiro atoms. The van der Waals surface area contributed by atoms with Crippen LogP contribution in [0.3, 0.4) is 0 Å². The van der Waals surface area contributed by atoms with Crippen LogP contribution in [0.15, 0.2) is 35.5 Å². The molecule has 0 saturated carbocycles. The van der Waals surface area contributed by atoms with Gasteiger partial charge in [0.15, 0.2) is 5.03 Å². The molecule has 0 aliphatic rings. The highest BCUT2D eigenvalue weighted by Gasteiger charge is 2.17. The molecule has 0 unspecified atom stereocenters. The number of aromatic nitrogens is 2. The van der Waals surface area contributed by atoms with Gasteiger partial charge in [0.05, 0.1) is 11.9 Å². The van der Waals surface area contributed by atoms with E-state index in [1.807, 2.05) is 13.0 Å². The Balaban J connectivity index is 2.40. The van der Waals surface area contributed by atoms with Crippen molar-refractivity contribution in [2.75, 3.05) is 11.3 Å². The van der Waals surface area contributed by atoms with Gasteiger partial charge in [0.1, 0.15) is 6.61 Å². The molecule has 7 heteroatoms. The number of aliphatic hydroxyl groups excluding tert-OH is 1. The maximum absolute atomic E-state index is 12.1. The molecule has 0 atom stereocenters. The lowest BCUT2D eigenvalue weighted by Gasteiger charge is -2.09. The Hall–Kier alpha value is -2.30. The van der Waals surface area contributed by atoms with Crippen molar-refractivity contribution < 1.29 is 13.5 Å². The van der Waals surface area contributed by atoms with Gasteiger partial charge < -0.3 is 5.11 Å². The molecule has 0 bridgehead atoms. The molecule has 104 valence electrons. The number of rotatable bonds is 3. The predicted molar refractivity (Wildman–Crippen MR) is 74.5 cm³/mol. The molecule has 0 aliphatic carbocycles. The Labute approximate surface area is 116 Å². The van der Waals surface area contributed by atoms with E-state index in [0.29, 0.717) is 11.3 Å². The first kappa shape index (κ1) is 14.1. The number of anilines is 1. The molecule has 1 heterocycles. The van der Waals surface area contributed by atoms with Gasteiger partial charge in [0, 0.05) is 5.56 Å². The van der Waals surface area contributed by atoms with Crippen molar-refractivity contribution >= 4 is 15.7 Å². The van der Waals surface area contributed by atoms with Gasteiger partial charge in [0.2, 0.25) is 0 Å². The summed E-state index contributed by atoms with van der Waals surface area (Å²) in [7, 11) is -3.73. The average Bonchev–Trinajstić information content (AvgIpc) is 2.92. The number of nitrogens with zero attached hydrogens (tertiary/aromatic N) is 1. The van der Waals surface area contributed by atoms with Crippen molar-refractivity contribution in [3.8, 4) is 11.8 Å². The molecule has 3 N–H and O–H groups in total. The number of hydrogen-bond acceptors (Lipinski definition) is 4. The quantitative estimate of drug-likeness (QED) is 0.731. The maximum Gasteiger partial charge on any atom is 0.278 e. The fourth-order valence-corrected chi connectivity index (χ4v) is 2.56. The molecule has 2 rings (SSSR count). The van der Waals surface area contributed by atoms with Crippen molar-refractivity contribution in [3.63, 3.8) is 0 Å². The molecule has 0 saturated heterocycles. The number of benzene rings is 1. The Morgan fingerprint density at radius 2 is 2.20 bits per heavy atom. The number of aryl methyl sites for hydroxylation is 1. The summed E-state index contributed by atoms with van der Waals surface area (Å²) < 4.78 is 26.7. The lowest BCUT2D eigenvalue weighted by atomic mass is 10.1. The van der Waals surface area contributed by atoms with E-state index in [9.17, 15) is 8.42 Å². The Morgan fingerprint density at radius 3 is 2.85 bits per heavy atom. The minimum Gasteiger partial charge on any atom is -0.384 e. The molecule has 0 fully saturated rings. The Kier molecular flexibility index (Phi) is 4.08. The highest BCUT2D eigenvalue weighted by Crippen LogP contribution is 2.20. The number of nitrogens with one attached hydrogen (secondary N) is 2. The van der Waals surface area contributed by atoms with E-state index in [2.05, 4.69) is 26.8 Å². The number of aromatic amines is 1. The van der Waals surface area contributed by atoms with Crippen LogP contribution in [0, 0.1) is 18.8 Å². The summed E-state index contributed by atoms with van der Waals surface area (Å²) in [5.41, 5.74) is 1.75. The largest absolute Gasteiger partial charge is 0.384 e. The standard InChI is InChI=1S/C13H13N3O3S/c1-10-4-5-11(3-2-8-17)12(9-10)16-20(18,19)13-6-7-14-15-13/h4-7,9,16-17H,8H2,1H3,(H,14,15). The summed E-state index contributed by atoms with van der Waals surface area (Å²) in [5, 5.41) is 14.7. The molecule has 1 aromatic carbocycles. The van der Waals surface area contributed by atoms with E-state index in [1.165, 1.54) is 12.3 Å². The first-order valence-electron chi connectivity index (χ1n) is 5.75. The lowest BCUT2D eigenvalue weighted by molar-refractivity contribution is 0.350.